The number of aryl methyl sites for hydroxylation is 1. The van der Waals surface area contributed by atoms with Crippen molar-refractivity contribution in [2.75, 3.05) is 39.0 Å². The van der Waals surface area contributed by atoms with Crippen LogP contribution in [0.5, 0.6) is 0 Å². The van der Waals surface area contributed by atoms with Gasteiger partial charge in [0.15, 0.2) is 0 Å². The molecule has 2 heterocycles. The van der Waals surface area contributed by atoms with E-state index in [1.54, 1.807) is 0 Å². The van der Waals surface area contributed by atoms with Crippen LogP contribution in [0.3, 0.4) is 0 Å². The first-order chi connectivity index (χ1) is 12.7. The number of hydrogen-bond donors (Lipinski definition) is 1. The van der Waals surface area contributed by atoms with Crippen LogP contribution in [-0.4, -0.2) is 83.4 Å². The van der Waals surface area contributed by atoms with Crippen molar-refractivity contribution in [2.45, 2.75) is 12.6 Å². The van der Waals surface area contributed by atoms with Gasteiger partial charge in [-0.05, 0) is 12.1 Å². The minimum atomic E-state index is -3.62. The number of rotatable bonds is 7. The Kier molecular flexibility index (Phi) is 5.80. The lowest BCUT2D eigenvalue weighted by molar-refractivity contribution is -0.137. The molecule has 0 amide bonds. The summed E-state index contributed by atoms with van der Waals surface area (Å²) < 4.78 is 32.3. The van der Waals surface area contributed by atoms with E-state index in [-0.39, 0.29) is 12.6 Å². The van der Waals surface area contributed by atoms with E-state index < -0.39 is 22.5 Å². The van der Waals surface area contributed by atoms with Crippen LogP contribution < -0.4 is 0 Å². The zero-order valence-electron chi connectivity index (χ0n) is 15.4. The average Bonchev–Trinajstić information content (AvgIpc) is 2.90. The highest BCUT2D eigenvalue weighted by Crippen LogP contribution is 2.17. The number of fused-ring (bicyclic) bond motifs is 1. The van der Waals surface area contributed by atoms with Gasteiger partial charge in [0.2, 0.25) is 10.0 Å². The van der Waals surface area contributed by atoms with Gasteiger partial charge in [-0.1, -0.05) is 12.1 Å². The molecule has 1 aliphatic heterocycles. The van der Waals surface area contributed by atoms with Crippen LogP contribution in [-0.2, 0) is 33.1 Å². The average molecular weight is 396 g/mol. The Morgan fingerprint density at radius 2 is 2.15 bits per heavy atom. The summed E-state index contributed by atoms with van der Waals surface area (Å²) >= 11 is 0. The molecule has 2 aromatic rings. The maximum Gasteiger partial charge on any atom is 0.318 e. The predicted octanol–water partition coefficient (Wildman–Crippen LogP) is 0.120. The van der Waals surface area contributed by atoms with Crippen LogP contribution >= 0.6 is 0 Å². The number of carbonyl (C=O) groups is 1. The normalized spacial score (nSPS) is 19.0. The predicted molar refractivity (Wildman–Crippen MR) is 99.8 cm³/mol. The molecule has 1 N–H and O–H groups in total. The molecule has 1 aromatic heterocycles. The third-order valence-corrected chi connectivity index (χ3v) is 5.87. The molecule has 27 heavy (non-hydrogen) atoms. The molecule has 0 bridgehead atoms. The van der Waals surface area contributed by atoms with Gasteiger partial charge in [0.05, 0.1) is 36.5 Å². The van der Waals surface area contributed by atoms with Crippen molar-refractivity contribution in [3.05, 3.63) is 30.1 Å². The van der Waals surface area contributed by atoms with Crippen molar-refractivity contribution in [1.82, 2.24) is 18.8 Å². The van der Waals surface area contributed by atoms with Gasteiger partial charge in [-0.25, -0.2) is 13.4 Å². The molecule has 1 fully saturated rings. The first kappa shape index (κ1) is 19.7. The minimum absolute atomic E-state index is 0.0180. The van der Waals surface area contributed by atoms with Crippen LogP contribution in [0.4, 0.5) is 0 Å². The molecule has 0 radical (unpaired) electrons. The molecule has 1 saturated heterocycles. The number of para-hydroxylation sites is 2. The molecule has 0 spiro atoms. The second-order valence-electron chi connectivity index (χ2n) is 6.75. The molecule has 3 rings (SSSR count). The quantitative estimate of drug-likeness (QED) is 0.709. The van der Waals surface area contributed by atoms with E-state index in [1.165, 1.54) is 0 Å². The van der Waals surface area contributed by atoms with Crippen molar-refractivity contribution in [1.29, 1.82) is 0 Å². The number of hydrogen-bond acceptors (Lipinski definition) is 6. The van der Waals surface area contributed by atoms with Gasteiger partial charge >= 0.3 is 5.97 Å². The molecule has 0 saturated carbocycles. The summed E-state index contributed by atoms with van der Waals surface area (Å²) in [6, 6.07) is 7.91. The lowest BCUT2D eigenvalue weighted by Gasteiger charge is -2.34. The molecule has 1 unspecified atom stereocenters. The highest BCUT2D eigenvalue weighted by atomic mass is 32.2. The number of ether oxygens (including phenoxy) is 1. The van der Waals surface area contributed by atoms with Crippen LogP contribution in [0.25, 0.3) is 11.0 Å². The van der Waals surface area contributed by atoms with E-state index in [9.17, 15) is 13.2 Å². The lowest BCUT2D eigenvalue weighted by atomic mass is 10.2. The second-order valence-corrected chi connectivity index (χ2v) is 8.74. The lowest BCUT2D eigenvalue weighted by Crippen LogP contribution is -2.49. The highest BCUT2D eigenvalue weighted by Gasteiger charge is 2.28. The Balaban J connectivity index is 1.68. The minimum Gasteiger partial charge on any atom is -0.480 e. The number of benzene rings is 1. The maximum absolute atomic E-state index is 11.8. The van der Waals surface area contributed by atoms with Crippen molar-refractivity contribution in [2.24, 2.45) is 7.05 Å². The number of nitrogens with zero attached hydrogens (tertiary/aromatic N) is 4. The summed E-state index contributed by atoms with van der Waals surface area (Å²) in [4.78, 5) is 17.8. The van der Waals surface area contributed by atoms with E-state index in [2.05, 4.69) is 9.88 Å². The standard InChI is InChI=1S/C17H24N4O5S/c1-19-15-6-4-3-5-14(15)18-16(19)11-20-7-8-26-13(9-20)10-21(12-17(22)23)27(2,24)25/h3-6,13H,7-12H2,1-2H3,(H,22,23). The SMILES string of the molecule is Cn1c(CN2CCOC(CN(CC(=O)O)S(C)(=O)=O)C2)nc2ccccc21. The van der Waals surface area contributed by atoms with E-state index in [1.807, 2.05) is 35.9 Å². The number of carboxylic acid groups (broad SMARTS) is 1. The van der Waals surface area contributed by atoms with Crippen molar-refractivity contribution >= 4 is 27.0 Å². The van der Waals surface area contributed by atoms with Gasteiger partial charge in [-0.15, -0.1) is 0 Å². The number of morpholine rings is 1. The third kappa shape index (κ3) is 4.83. The highest BCUT2D eigenvalue weighted by molar-refractivity contribution is 7.88. The summed E-state index contributed by atoms with van der Waals surface area (Å²) in [5, 5.41) is 8.95. The van der Waals surface area contributed by atoms with Gasteiger partial charge in [-0.3, -0.25) is 9.69 Å². The van der Waals surface area contributed by atoms with Crippen molar-refractivity contribution < 1.29 is 23.1 Å². The fourth-order valence-electron chi connectivity index (χ4n) is 3.27. The molecule has 1 aromatic carbocycles. The largest absolute Gasteiger partial charge is 0.480 e. The number of imidazole rings is 1. The van der Waals surface area contributed by atoms with Crippen molar-refractivity contribution in [3.8, 4) is 0 Å². The number of sulfonamides is 1. The molecule has 0 aliphatic carbocycles. The van der Waals surface area contributed by atoms with E-state index in [4.69, 9.17) is 9.84 Å². The monoisotopic (exact) mass is 396 g/mol. The molecule has 10 heteroatoms. The Morgan fingerprint density at radius 3 is 2.81 bits per heavy atom. The summed E-state index contributed by atoms with van der Waals surface area (Å²) in [7, 11) is -1.65. The Morgan fingerprint density at radius 1 is 1.41 bits per heavy atom. The topological polar surface area (TPSA) is 105 Å². The van der Waals surface area contributed by atoms with Gasteiger partial charge in [0.25, 0.3) is 0 Å². The maximum atomic E-state index is 11.8. The molecule has 1 atom stereocenters. The second kappa shape index (κ2) is 7.93. The summed E-state index contributed by atoms with van der Waals surface area (Å²) in [5.74, 6) is -0.268. The Labute approximate surface area is 158 Å². The van der Waals surface area contributed by atoms with Crippen molar-refractivity contribution in [3.63, 3.8) is 0 Å². The Hall–Kier alpha value is -2.01. The van der Waals surface area contributed by atoms with E-state index in [0.29, 0.717) is 26.2 Å². The summed E-state index contributed by atoms with van der Waals surface area (Å²) in [6.07, 6.45) is 0.623. The van der Waals surface area contributed by atoms with Crippen LogP contribution in [0.1, 0.15) is 5.82 Å². The molecular weight excluding hydrogens is 372 g/mol. The summed E-state index contributed by atoms with van der Waals surface area (Å²) in [6.45, 7) is 1.74. The van der Waals surface area contributed by atoms with Gasteiger partial charge in [-0.2, -0.15) is 4.31 Å². The van der Waals surface area contributed by atoms with Crippen LogP contribution in [0.15, 0.2) is 24.3 Å². The number of aromatic nitrogens is 2. The van der Waals surface area contributed by atoms with Crippen LogP contribution in [0.2, 0.25) is 0 Å². The molecule has 1 aliphatic rings. The smallest absolute Gasteiger partial charge is 0.318 e. The zero-order valence-corrected chi connectivity index (χ0v) is 16.2. The summed E-state index contributed by atoms with van der Waals surface area (Å²) in [5.41, 5.74) is 1.99. The first-order valence-corrected chi connectivity index (χ1v) is 10.5. The fourth-order valence-corrected chi connectivity index (χ4v) is 4.05. The molecule has 148 valence electrons. The zero-order chi connectivity index (χ0) is 19.6. The Bertz CT molecular complexity index is 927. The molecular formula is C17H24N4O5S. The number of aliphatic carboxylic acids is 1. The van der Waals surface area contributed by atoms with Gasteiger partial charge < -0.3 is 14.4 Å². The third-order valence-electron chi connectivity index (χ3n) is 4.66. The van der Waals surface area contributed by atoms with Gasteiger partial charge in [0, 0.05) is 26.7 Å². The molecule has 9 nitrogen and oxygen atoms in total. The number of carboxylic acids is 1. The van der Waals surface area contributed by atoms with Crippen LogP contribution in [0, 0.1) is 0 Å². The van der Waals surface area contributed by atoms with E-state index >= 15 is 0 Å². The first-order valence-electron chi connectivity index (χ1n) is 8.65. The van der Waals surface area contributed by atoms with E-state index in [0.717, 1.165) is 27.4 Å². The fraction of sp³-hybridized carbons (Fsp3) is 0.529. The van der Waals surface area contributed by atoms with Gasteiger partial charge in [0.1, 0.15) is 12.4 Å².